The summed E-state index contributed by atoms with van der Waals surface area (Å²) in [4.78, 5) is 2.52. The Labute approximate surface area is 103 Å². The molecule has 0 amide bonds. The molecule has 96 valence electrons. The first-order valence-corrected chi connectivity index (χ1v) is 6.27. The molecule has 1 rings (SSSR count). The summed E-state index contributed by atoms with van der Waals surface area (Å²) < 4.78 is 33.9. The highest BCUT2D eigenvalue weighted by atomic mass is 32.3. The van der Waals surface area contributed by atoms with Gasteiger partial charge in [0.25, 0.3) is 0 Å². The van der Waals surface area contributed by atoms with Gasteiger partial charge < -0.3 is 10.0 Å². The Balaban J connectivity index is 3.44. The number of hydrogen-bond acceptors (Lipinski definition) is 5. The lowest BCUT2D eigenvalue weighted by Gasteiger charge is -2.10. The summed E-state index contributed by atoms with van der Waals surface area (Å²) in [7, 11) is -6.65. The predicted molar refractivity (Wildman–Crippen MR) is 63.5 cm³/mol. The zero-order valence-electron chi connectivity index (χ0n) is 9.28. The fraction of sp³-hybridized carbons (Fsp3) is 0.250. The van der Waals surface area contributed by atoms with Gasteiger partial charge in [0, 0.05) is 10.6 Å². The van der Waals surface area contributed by atoms with Crippen molar-refractivity contribution in [2.24, 2.45) is 5.11 Å². The molecule has 0 fully saturated rings. The molecule has 0 atom stereocenters. The van der Waals surface area contributed by atoms with Crippen LogP contribution in [0.25, 0.3) is 10.4 Å². The highest BCUT2D eigenvalue weighted by Crippen LogP contribution is 2.23. The van der Waals surface area contributed by atoms with Crippen LogP contribution in [0.4, 0.5) is 9.57 Å². The lowest BCUT2D eigenvalue weighted by atomic mass is 9.78. The van der Waals surface area contributed by atoms with Gasteiger partial charge in [0.2, 0.25) is 0 Å². The van der Waals surface area contributed by atoms with E-state index in [0.717, 1.165) is 6.07 Å². The fourth-order valence-electron chi connectivity index (χ4n) is 1.42. The summed E-state index contributed by atoms with van der Waals surface area (Å²) >= 11 is 0. The molecule has 0 unspecified atom stereocenters. The number of hydrogen-bond donors (Lipinski definition) is 2. The van der Waals surface area contributed by atoms with Crippen molar-refractivity contribution in [1.29, 1.82) is 0 Å². The molecule has 0 radical (unpaired) electrons. The van der Waals surface area contributed by atoms with Crippen molar-refractivity contribution in [3.63, 3.8) is 0 Å². The van der Waals surface area contributed by atoms with Crippen LogP contribution in [0.5, 0.6) is 0 Å². The Morgan fingerprint density at radius 1 is 1.50 bits per heavy atom. The molecule has 7 nitrogen and oxygen atoms in total. The van der Waals surface area contributed by atoms with Gasteiger partial charge in [-0.3, -0.25) is 0 Å². The average Bonchev–Trinajstić information content (AvgIpc) is 2.21. The van der Waals surface area contributed by atoms with Gasteiger partial charge in [-0.1, -0.05) is 17.2 Å². The quantitative estimate of drug-likeness (QED) is 0.271. The molecule has 1 aromatic rings. The molecule has 0 spiro atoms. The van der Waals surface area contributed by atoms with E-state index < -0.39 is 23.1 Å². The molecule has 0 saturated heterocycles. The second-order valence-corrected chi connectivity index (χ2v) is 4.94. The Morgan fingerprint density at radius 2 is 2.11 bits per heavy atom. The molecule has 1 aromatic carbocycles. The van der Waals surface area contributed by atoms with Crippen molar-refractivity contribution < 1.29 is 22.4 Å². The number of azide groups is 1. The van der Waals surface area contributed by atoms with Crippen molar-refractivity contribution in [2.45, 2.75) is 12.7 Å². The summed E-state index contributed by atoms with van der Waals surface area (Å²) in [5, 5.41) is 21.3. The third-order valence-electron chi connectivity index (χ3n) is 2.29. The molecule has 0 saturated carbocycles. The van der Waals surface area contributed by atoms with Crippen molar-refractivity contribution in [1.82, 2.24) is 0 Å². The maximum Gasteiger partial charge on any atom is 0.488 e. The Hall–Kier alpha value is -1.61. The van der Waals surface area contributed by atoms with Crippen LogP contribution in [0.15, 0.2) is 17.2 Å². The minimum absolute atomic E-state index is 0.00509. The molecule has 0 heterocycles. The van der Waals surface area contributed by atoms with Gasteiger partial charge in [0.15, 0.2) is 0 Å². The first-order valence-electron chi connectivity index (χ1n) is 4.71. The molecule has 10 heteroatoms. The Morgan fingerprint density at radius 3 is 2.56 bits per heavy atom. The lowest BCUT2D eigenvalue weighted by Crippen LogP contribution is -2.30. The van der Waals surface area contributed by atoms with E-state index in [2.05, 4.69) is 10.0 Å². The van der Waals surface area contributed by atoms with Gasteiger partial charge in [-0.15, -0.1) is 3.89 Å². The van der Waals surface area contributed by atoms with Crippen molar-refractivity contribution in [3.05, 3.63) is 33.7 Å². The first-order chi connectivity index (χ1) is 8.24. The van der Waals surface area contributed by atoms with Crippen LogP contribution in [0.3, 0.4) is 0 Å². The zero-order chi connectivity index (χ0) is 13.9. The summed E-state index contributed by atoms with van der Waals surface area (Å²) in [6, 6.07) is 2.32. The summed E-state index contributed by atoms with van der Waals surface area (Å²) in [6.07, 6.45) is 0. The van der Waals surface area contributed by atoms with E-state index in [1.165, 1.54) is 13.0 Å². The minimum atomic E-state index is -4.77. The van der Waals surface area contributed by atoms with E-state index in [9.17, 15) is 12.3 Å². The van der Waals surface area contributed by atoms with Gasteiger partial charge >= 0.3 is 17.3 Å². The fourth-order valence-corrected chi connectivity index (χ4v) is 2.09. The van der Waals surface area contributed by atoms with Crippen LogP contribution in [0, 0.1) is 6.92 Å². The maximum atomic E-state index is 12.6. The molecule has 0 bridgehead atoms. The summed E-state index contributed by atoms with van der Waals surface area (Å²) in [5.74, 6) is -0.923. The molecule has 0 aliphatic rings. The average molecular weight is 273 g/mol. The minimum Gasteiger partial charge on any atom is -0.423 e. The van der Waals surface area contributed by atoms with Gasteiger partial charge in [-0.05, 0) is 29.0 Å². The molecule has 0 aliphatic heterocycles. The topological polar surface area (TPSA) is 123 Å². The predicted octanol–water partition coefficient (Wildman–Crippen LogP) is 0.416. The van der Waals surface area contributed by atoms with E-state index in [4.69, 9.17) is 15.6 Å². The molecular formula is C8H9BFN3O4S. The highest BCUT2D eigenvalue weighted by Gasteiger charge is 2.18. The summed E-state index contributed by atoms with van der Waals surface area (Å²) in [5.41, 5.74) is 8.54. The zero-order valence-corrected chi connectivity index (χ0v) is 10.1. The SMILES string of the molecule is Cc1c(CS(=O)(=O)F)cc(B(O)O)cc1N=[N+]=[N-]. The number of benzene rings is 1. The molecular weight excluding hydrogens is 264 g/mol. The third kappa shape index (κ3) is 3.71. The molecule has 0 aliphatic carbocycles. The number of rotatable bonds is 4. The molecule has 0 aromatic heterocycles. The first kappa shape index (κ1) is 14.5. The Kier molecular flexibility index (Phi) is 4.30. The van der Waals surface area contributed by atoms with E-state index in [0.29, 0.717) is 0 Å². The van der Waals surface area contributed by atoms with E-state index >= 15 is 0 Å². The van der Waals surface area contributed by atoms with Crippen LogP contribution in [0.2, 0.25) is 0 Å². The van der Waals surface area contributed by atoms with Gasteiger partial charge in [0.1, 0.15) is 5.75 Å². The van der Waals surface area contributed by atoms with E-state index in [-0.39, 0.29) is 22.3 Å². The lowest BCUT2D eigenvalue weighted by molar-refractivity contribution is 0.425. The van der Waals surface area contributed by atoms with Crippen molar-refractivity contribution in [3.8, 4) is 0 Å². The van der Waals surface area contributed by atoms with Gasteiger partial charge in [0.05, 0.1) is 0 Å². The normalized spacial score (nSPS) is 10.9. The monoisotopic (exact) mass is 273 g/mol. The van der Waals surface area contributed by atoms with Crippen LogP contribution in [-0.4, -0.2) is 25.6 Å². The second kappa shape index (κ2) is 5.36. The smallest absolute Gasteiger partial charge is 0.423 e. The molecule has 2 N–H and O–H groups in total. The van der Waals surface area contributed by atoms with Crippen LogP contribution >= 0.6 is 0 Å². The summed E-state index contributed by atoms with van der Waals surface area (Å²) in [6.45, 7) is 1.44. The maximum absolute atomic E-state index is 12.6. The number of nitrogens with zero attached hydrogens (tertiary/aromatic N) is 3. The van der Waals surface area contributed by atoms with Crippen molar-refractivity contribution in [2.75, 3.05) is 0 Å². The van der Waals surface area contributed by atoms with Crippen molar-refractivity contribution >= 4 is 28.5 Å². The largest absolute Gasteiger partial charge is 0.488 e. The van der Waals surface area contributed by atoms with Crippen LogP contribution < -0.4 is 5.46 Å². The van der Waals surface area contributed by atoms with Gasteiger partial charge in [-0.2, -0.15) is 8.42 Å². The molecule has 18 heavy (non-hydrogen) atoms. The van der Waals surface area contributed by atoms with E-state index in [1.54, 1.807) is 0 Å². The number of halogens is 1. The highest BCUT2D eigenvalue weighted by molar-refractivity contribution is 7.85. The Bertz CT molecular complexity index is 613. The van der Waals surface area contributed by atoms with Gasteiger partial charge in [-0.25, -0.2) is 0 Å². The standard InChI is InChI=1S/C8H9BFN3O4S/c1-5-6(4-18(10,16)17)2-7(9(14)15)3-8(5)12-13-11/h2-3,14-15H,4H2,1H3. The third-order valence-corrected chi connectivity index (χ3v) is 2.94. The van der Waals surface area contributed by atoms with Crippen LogP contribution in [-0.2, 0) is 16.0 Å². The van der Waals surface area contributed by atoms with Crippen LogP contribution in [0.1, 0.15) is 11.1 Å². The van der Waals surface area contributed by atoms with E-state index in [1.807, 2.05) is 0 Å². The second-order valence-electron chi connectivity index (χ2n) is 3.57.